The van der Waals surface area contributed by atoms with Gasteiger partial charge in [-0.25, -0.2) is 18.2 Å². The van der Waals surface area contributed by atoms with Crippen LogP contribution in [0.25, 0.3) is 5.69 Å². The Bertz CT molecular complexity index is 1210. The van der Waals surface area contributed by atoms with E-state index in [0.717, 1.165) is 28.2 Å². The maximum atomic E-state index is 12.6. The Morgan fingerprint density at radius 3 is 2.42 bits per heavy atom. The molecule has 4 rings (SSSR count). The number of carbonyl (C=O) groups excluding carboxylic acids is 1. The third-order valence-corrected chi connectivity index (χ3v) is 7.61. The molecule has 2 N–H and O–H groups in total. The topological polar surface area (TPSA) is 98.3 Å². The number of nitrogens with two attached hydrogens (primary N) is 1. The van der Waals surface area contributed by atoms with Crippen molar-refractivity contribution in [3.05, 3.63) is 77.1 Å². The first-order chi connectivity index (χ1) is 14.8. The highest BCUT2D eigenvalue weighted by molar-refractivity contribution is 8.00. The van der Waals surface area contributed by atoms with Gasteiger partial charge in [0.2, 0.25) is 15.9 Å². The van der Waals surface area contributed by atoms with Crippen LogP contribution >= 0.6 is 11.8 Å². The Kier molecular flexibility index (Phi) is 5.92. The van der Waals surface area contributed by atoms with Crippen LogP contribution < -0.4 is 5.14 Å². The second-order valence-corrected chi connectivity index (χ2v) is 10.2. The lowest BCUT2D eigenvalue weighted by Gasteiger charge is -2.24. The number of rotatable bonds is 6. The van der Waals surface area contributed by atoms with E-state index in [1.165, 1.54) is 12.1 Å². The fourth-order valence-electron chi connectivity index (χ4n) is 3.86. The SMILES string of the molecule is Cc1nn(-c2ccccc2)c(C)c1C1SCC(=O)N1CCc1ccc(S(N)(=O)=O)cc1. The molecule has 2 heterocycles. The highest BCUT2D eigenvalue weighted by atomic mass is 32.2. The van der Waals surface area contributed by atoms with E-state index in [1.54, 1.807) is 23.9 Å². The summed E-state index contributed by atoms with van der Waals surface area (Å²) in [6.07, 6.45) is 0.624. The first-order valence-corrected chi connectivity index (χ1v) is 12.5. The van der Waals surface area contributed by atoms with E-state index >= 15 is 0 Å². The van der Waals surface area contributed by atoms with Gasteiger partial charge in [0.05, 0.1) is 22.0 Å². The first kappa shape index (κ1) is 21.6. The van der Waals surface area contributed by atoms with Crippen LogP contribution in [0.5, 0.6) is 0 Å². The zero-order valence-corrected chi connectivity index (χ0v) is 19.0. The van der Waals surface area contributed by atoms with Crippen LogP contribution in [0.1, 0.15) is 27.9 Å². The van der Waals surface area contributed by atoms with Gasteiger partial charge in [-0.3, -0.25) is 4.79 Å². The van der Waals surface area contributed by atoms with Crippen LogP contribution in [0, 0.1) is 13.8 Å². The van der Waals surface area contributed by atoms with Crippen molar-refractivity contribution in [1.29, 1.82) is 0 Å². The summed E-state index contributed by atoms with van der Waals surface area (Å²) in [7, 11) is -3.71. The average molecular weight is 457 g/mol. The standard InChI is InChI=1S/C22H24N4O3S2/c1-15-21(16(2)26(24-15)18-6-4-3-5-7-18)22-25(20(27)14-30-22)13-12-17-8-10-19(11-9-17)31(23,28)29/h3-11,22H,12-14H2,1-2H3,(H2,23,28,29). The van der Waals surface area contributed by atoms with E-state index in [9.17, 15) is 13.2 Å². The minimum absolute atomic E-state index is 0.0847. The van der Waals surface area contributed by atoms with Crippen molar-refractivity contribution >= 4 is 27.7 Å². The van der Waals surface area contributed by atoms with E-state index in [2.05, 4.69) is 0 Å². The molecule has 0 spiro atoms. The van der Waals surface area contributed by atoms with Crippen LogP contribution in [0.4, 0.5) is 0 Å². The summed E-state index contributed by atoms with van der Waals surface area (Å²) < 4.78 is 24.8. The molecule has 1 unspecified atom stereocenters. The van der Waals surface area contributed by atoms with Crippen LogP contribution in [-0.4, -0.2) is 41.3 Å². The molecule has 1 aromatic heterocycles. The number of aryl methyl sites for hydroxylation is 1. The van der Waals surface area contributed by atoms with Crippen LogP contribution in [0.2, 0.25) is 0 Å². The summed E-state index contributed by atoms with van der Waals surface area (Å²) in [6, 6.07) is 16.4. The quantitative estimate of drug-likeness (QED) is 0.615. The summed E-state index contributed by atoms with van der Waals surface area (Å²) in [4.78, 5) is 14.6. The number of carbonyl (C=O) groups is 1. The number of hydrogen-bond donors (Lipinski definition) is 1. The second kappa shape index (κ2) is 8.49. The number of hydrogen-bond acceptors (Lipinski definition) is 5. The number of sulfonamides is 1. The van der Waals surface area contributed by atoms with Crippen molar-refractivity contribution in [3.8, 4) is 5.69 Å². The molecular formula is C22H24N4O3S2. The van der Waals surface area contributed by atoms with Gasteiger partial charge in [0.15, 0.2) is 0 Å². The molecule has 1 aliphatic rings. The highest BCUT2D eigenvalue weighted by Crippen LogP contribution is 2.41. The number of thioether (sulfide) groups is 1. The minimum atomic E-state index is -3.71. The number of aromatic nitrogens is 2. The Hall–Kier alpha value is -2.62. The second-order valence-electron chi connectivity index (χ2n) is 7.52. The molecule has 1 aliphatic heterocycles. The molecule has 9 heteroatoms. The van der Waals surface area contributed by atoms with Crippen molar-refractivity contribution in [2.45, 2.75) is 30.5 Å². The van der Waals surface area contributed by atoms with Crippen LogP contribution in [0.3, 0.4) is 0 Å². The van der Waals surface area contributed by atoms with E-state index < -0.39 is 10.0 Å². The summed E-state index contributed by atoms with van der Waals surface area (Å²) in [5, 5.41) is 9.81. The van der Waals surface area contributed by atoms with Crippen LogP contribution in [0.15, 0.2) is 59.5 Å². The molecule has 3 aromatic rings. The molecule has 0 aliphatic carbocycles. The van der Waals surface area contributed by atoms with E-state index in [4.69, 9.17) is 10.2 Å². The molecule has 0 bridgehead atoms. The number of benzene rings is 2. The summed E-state index contributed by atoms with van der Waals surface area (Å²) in [5.41, 5.74) is 4.95. The van der Waals surface area contributed by atoms with Gasteiger partial charge in [0.1, 0.15) is 5.37 Å². The van der Waals surface area contributed by atoms with E-state index in [-0.39, 0.29) is 16.2 Å². The number of amides is 1. The monoisotopic (exact) mass is 456 g/mol. The number of nitrogens with zero attached hydrogens (tertiary/aromatic N) is 3. The maximum Gasteiger partial charge on any atom is 0.238 e. The van der Waals surface area contributed by atoms with Crippen molar-refractivity contribution < 1.29 is 13.2 Å². The predicted molar refractivity (Wildman–Crippen MR) is 121 cm³/mol. The Morgan fingerprint density at radius 2 is 1.77 bits per heavy atom. The maximum absolute atomic E-state index is 12.6. The van der Waals surface area contributed by atoms with Gasteiger partial charge in [-0.05, 0) is 50.1 Å². The Labute approximate surface area is 186 Å². The number of primary sulfonamides is 1. The van der Waals surface area contributed by atoms with E-state index in [1.807, 2.05) is 53.8 Å². The number of para-hydroxylation sites is 1. The van der Waals surface area contributed by atoms with Crippen molar-refractivity contribution in [2.24, 2.45) is 5.14 Å². The molecular weight excluding hydrogens is 432 g/mol. The molecule has 162 valence electrons. The van der Waals surface area contributed by atoms with Gasteiger partial charge in [0.25, 0.3) is 0 Å². The largest absolute Gasteiger partial charge is 0.325 e. The van der Waals surface area contributed by atoms with E-state index in [0.29, 0.717) is 18.7 Å². The molecule has 1 atom stereocenters. The smallest absolute Gasteiger partial charge is 0.238 e. The Balaban J connectivity index is 1.56. The summed E-state index contributed by atoms with van der Waals surface area (Å²) in [5.74, 6) is 0.534. The van der Waals surface area contributed by atoms with Crippen molar-refractivity contribution in [1.82, 2.24) is 14.7 Å². The minimum Gasteiger partial charge on any atom is -0.325 e. The lowest BCUT2D eigenvalue weighted by molar-refractivity contribution is -0.128. The van der Waals surface area contributed by atoms with Gasteiger partial charge in [-0.1, -0.05) is 30.3 Å². The molecule has 1 saturated heterocycles. The summed E-state index contributed by atoms with van der Waals surface area (Å²) in [6.45, 7) is 4.56. The molecule has 2 aromatic carbocycles. The molecule has 7 nitrogen and oxygen atoms in total. The molecule has 0 radical (unpaired) electrons. The molecule has 1 amide bonds. The van der Waals surface area contributed by atoms with Crippen LogP contribution in [-0.2, 0) is 21.2 Å². The van der Waals surface area contributed by atoms with Crippen molar-refractivity contribution in [3.63, 3.8) is 0 Å². The van der Waals surface area contributed by atoms with Gasteiger partial charge in [-0.2, -0.15) is 5.10 Å². The zero-order chi connectivity index (χ0) is 22.2. The average Bonchev–Trinajstić information content (AvgIpc) is 3.25. The lowest BCUT2D eigenvalue weighted by Crippen LogP contribution is -2.30. The lowest BCUT2D eigenvalue weighted by atomic mass is 10.1. The summed E-state index contributed by atoms with van der Waals surface area (Å²) >= 11 is 1.62. The normalized spacial score (nSPS) is 16.8. The van der Waals surface area contributed by atoms with Gasteiger partial charge in [0, 0.05) is 17.8 Å². The fourth-order valence-corrected chi connectivity index (χ4v) is 5.76. The third-order valence-electron chi connectivity index (χ3n) is 5.46. The Morgan fingerprint density at radius 1 is 1.10 bits per heavy atom. The zero-order valence-electron chi connectivity index (χ0n) is 17.4. The third kappa shape index (κ3) is 4.39. The molecule has 1 fully saturated rings. The predicted octanol–water partition coefficient (Wildman–Crippen LogP) is 2.95. The van der Waals surface area contributed by atoms with Gasteiger partial charge >= 0.3 is 0 Å². The van der Waals surface area contributed by atoms with Gasteiger partial charge < -0.3 is 4.90 Å². The van der Waals surface area contributed by atoms with Gasteiger partial charge in [-0.15, -0.1) is 11.8 Å². The molecule has 31 heavy (non-hydrogen) atoms. The fraction of sp³-hybridized carbons (Fsp3) is 0.273. The molecule has 0 saturated carbocycles. The van der Waals surface area contributed by atoms with Crippen molar-refractivity contribution in [2.75, 3.05) is 12.3 Å². The first-order valence-electron chi connectivity index (χ1n) is 9.90. The highest BCUT2D eigenvalue weighted by Gasteiger charge is 2.36.